The second-order valence-corrected chi connectivity index (χ2v) is 4.54. The van der Waals surface area contributed by atoms with E-state index in [1.54, 1.807) is 24.3 Å². The predicted octanol–water partition coefficient (Wildman–Crippen LogP) is 4.36. The number of aryl methyl sites for hydroxylation is 1. The highest BCUT2D eigenvalue weighted by Crippen LogP contribution is 2.35. The van der Waals surface area contributed by atoms with Crippen LogP contribution in [0.4, 0.5) is 5.69 Å². The van der Waals surface area contributed by atoms with Crippen molar-refractivity contribution in [3.05, 3.63) is 57.1 Å². The van der Waals surface area contributed by atoms with E-state index in [9.17, 15) is 10.1 Å². The van der Waals surface area contributed by atoms with Gasteiger partial charge in [0.2, 0.25) is 5.75 Å². The molecule has 0 aliphatic carbocycles. The molecule has 0 heterocycles. The fourth-order valence-corrected chi connectivity index (χ4v) is 1.93. The van der Waals surface area contributed by atoms with Gasteiger partial charge in [-0.1, -0.05) is 11.6 Å². The molecule has 2 rings (SSSR count). The summed E-state index contributed by atoms with van der Waals surface area (Å²) in [7, 11) is 1.45. The molecule has 0 aliphatic rings. The predicted molar refractivity (Wildman–Crippen MR) is 75.9 cm³/mol. The number of methoxy groups -OCH3 is 1. The van der Waals surface area contributed by atoms with Crippen LogP contribution in [-0.2, 0) is 0 Å². The first kappa shape index (κ1) is 14.1. The van der Waals surface area contributed by atoms with Crippen molar-refractivity contribution in [1.29, 1.82) is 0 Å². The summed E-state index contributed by atoms with van der Waals surface area (Å²) in [6.45, 7) is 1.82. The number of benzene rings is 2. The van der Waals surface area contributed by atoms with Crippen LogP contribution in [0.2, 0.25) is 5.02 Å². The van der Waals surface area contributed by atoms with Gasteiger partial charge in [0.25, 0.3) is 0 Å². The van der Waals surface area contributed by atoms with Crippen LogP contribution in [0.25, 0.3) is 0 Å². The highest BCUT2D eigenvalue weighted by atomic mass is 35.5. The SMILES string of the molecule is COc1ccc(Oc2ccc(Cl)cc2C)c([N+](=O)[O-])c1. The van der Waals surface area contributed by atoms with Crippen molar-refractivity contribution in [3.63, 3.8) is 0 Å². The largest absolute Gasteiger partial charge is 0.496 e. The minimum atomic E-state index is -0.511. The maximum absolute atomic E-state index is 11.1. The van der Waals surface area contributed by atoms with Gasteiger partial charge in [-0.25, -0.2) is 0 Å². The molecule has 5 nitrogen and oxygen atoms in total. The van der Waals surface area contributed by atoms with Crippen molar-refractivity contribution in [1.82, 2.24) is 0 Å². The quantitative estimate of drug-likeness (QED) is 0.621. The van der Waals surface area contributed by atoms with Gasteiger partial charge in [0.1, 0.15) is 11.5 Å². The van der Waals surface area contributed by atoms with Crippen LogP contribution < -0.4 is 9.47 Å². The first-order valence-electron chi connectivity index (χ1n) is 5.77. The molecular formula is C14H12ClNO4. The first-order chi connectivity index (χ1) is 9.51. The summed E-state index contributed by atoms with van der Waals surface area (Å²) in [6, 6.07) is 9.50. The number of nitro benzene ring substituents is 1. The second-order valence-electron chi connectivity index (χ2n) is 4.10. The number of halogens is 1. The molecule has 6 heteroatoms. The van der Waals surface area contributed by atoms with Crippen LogP contribution >= 0.6 is 11.6 Å². The van der Waals surface area contributed by atoms with Crippen LogP contribution in [0, 0.1) is 17.0 Å². The third-order valence-corrected chi connectivity index (χ3v) is 2.95. The standard InChI is InChI=1S/C14H12ClNO4/c1-9-7-10(15)3-5-13(9)20-14-6-4-11(19-2)8-12(14)16(17)18/h3-8H,1-2H3. The van der Waals surface area contributed by atoms with Gasteiger partial charge < -0.3 is 9.47 Å². The molecule has 0 aromatic heterocycles. The van der Waals surface area contributed by atoms with Gasteiger partial charge in [-0.15, -0.1) is 0 Å². The monoisotopic (exact) mass is 293 g/mol. The third kappa shape index (κ3) is 3.00. The van der Waals surface area contributed by atoms with Crippen molar-refractivity contribution in [2.75, 3.05) is 7.11 Å². The van der Waals surface area contributed by atoms with E-state index < -0.39 is 4.92 Å². The molecule has 0 unspecified atom stereocenters. The Labute approximate surface area is 120 Å². The molecule has 0 aliphatic heterocycles. The second kappa shape index (κ2) is 5.79. The van der Waals surface area contributed by atoms with E-state index in [4.69, 9.17) is 21.1 Å². The summed E-state index contributed by atoms with van der Waals surface area (Å²) in [5.41, 5.74) is 0.640. The molecule has 0 saturated carbocycles. The fraction of sp³-hybridized carbons (Fsp3) is 0.143. The number of nitrogens with zero attached hydrogens (tertiary/aromatic N) is 1. The normalized spacial score (nSPS) is 10.2. The Morgan fingerprint density at radius 2 is 1.85 bits per heavy atom. The van der Waals surface area contributed by atoms with E-state index >= 15 is 0 Å². The molecule has 0 saturated heterocycles. The minimum absolute atomic E-state index is 0.154. The lowest BCUT2D eigenvalue weighted by molar-refractivity contribution is -0.385. The highest BCUT2D eigenvalue weighted by molar-refractivity contribution is 6.30. The molecule has 2 aromatic rings. The summed E-state index contributed by atoms with van der Waals surface area (Å²) in [5, 5.41) is 11.7. The van der Waals surface area contributed by atoms with Crippen molar-refractivity contribution in [3.8, 4) is 17.2 Å². The molecule has 0 amide bonds. The van der Waals surface area contributed by atoms with E-state index in [0.717, 1.165) is 5.56 Å². The molecule has 0 atom stereocenters. The Kier molecular flexibility index (Phi) is 4.10. The Bertz CT molecular complexity index is 658. The van der Waals surface area contributed by atoms with Crippen LogP contribution in [0.1, 0.15) is 5.56 Å². The average Bonchev–Trinajstić information content (AvgIpc) is 2.42. The highest BCUT2D eigenvalue weighted by Gasteiger charge is 2.17. The Hall–Kier alpha value is -2.27. The summed E-state index contributed by atoms with van der Waals surface area (Å²) in [6.07, 6.45) is 0. The lowest BCUT2D eigenvalue weighted by Gasteiger charge is -2.10. The number of rotatable bonds is 4. The van der Waals surface area contributed by atoms with Gasteiger partial charge in [0.05, 0.1) is 18.1 Å². The van der Waals surface area contributed by atoms with Crippen molar-refractivity contribution >= 4 is 17.3 Å². The van der Waals surface area contributed by atoms with Crippen LogP contribution in [-0.4, -0.2) is 12.0 Å². The van der Waals surface area contributed by atoms with Crippen LogP contribution in [0.5, 0.6) is 17.2 Å². The zero-order valence-corrected chi connectivity index (χ0v) is 11.7. The molecule has 0 bridgehead atoms. The smallest absolute Gasteiger partial charge is 0.315 e. The average molecular weight is 294 g/mol. The van der Waals surface area contributed by atoms with E-state index in [-0.39, 0.29) is 11.4 Å². The lowest BCUT2D eigenvalue weighted by atomic mass is 10.2. The molecule has 2 aromatic carbocycles. The first-order valence-corrected chi connectivity index (χ1v) is 6.15. The van der Waals surface area contributed by atoms with Gasteiger partial charge in [-0.3, -0.25) is 10.1 Å². The molecular weight excluding hydrogens is 282 g/mol. The van der Waals surface area contributed by atoms with Gasteiger partial charge in [0.15, 0.2) is 0 Å². The molecule has 0 spiro atoms. The van der Waals surface area contributed by atoms with Crippen LogP contribution in [0.15, 0.2) is 36.4 Å². The van der Waals surface area contributed by atoms with Gasteiger partial charge in [-0.2, -0.15) is 0 Å². The third-order valence-electron chi connectivity index (χ3n) is 2.72. The van der Waals surface area contributed by atoms with Gasteiger partial charge in [0, 0.05) is 5.02 Å². The maximum Gasteiger partial charge on any atom is 0.315 e. The number of ether oxygens (including phenoxy) is 2. The molecule has 0 radical (unpaired) electrons. The molecule has 104 valence electrons. The summed E-state index contributed by atoms with van der Waals surface area (Å²) >= 11 is 5.86. The van der Waals surface area contributed by atoms with Gasteiger partial charge >= 0.3 is 5.69 Å². The maximum atomic E-state index is 11.1. The van der Waals surface area contributed by atoms with Crippen molar-refractivity contribution < 1.29 is 14.4 Å². The van der Waals surface area contributed by atoms with Gasteiger partial charge in [-0.05, 0) is 42.8 Å². The summed E-state index contributed by atoms with van der Waals surface area (Å²) in [4.78, 5) is 10.6. The topological polar surface area (TPSA) is 61.6 Å². The Balaban J connectivity index is 2.40. The van der Waals surface area contributed by atoms with E-state index in [1.807, 2.05) is 6.92 Å². The fourth-order valence-electron chi connectivity index (χ4n) is 1.70. The van der Waals surface area contributed by atoms with E-state index in [1.165, 1.54) is 19.2 Å². The summed E-state index contributed by atoms with van der Waals surface area (Å²) in [5.74, 6) is 1.07. The van der Waals surface area contributed by atoms with Crippen LogP contribution in [0.3, 0.4) is 0 Å². The molecule has 0 N–H and O–H groups in total. The molecule has 0 fully saturated rings. The number of nitro groups is 1. The Morgan fingerprint density at radius 3 is 2.45 bits per heavy atom. The van der Waals surface area contributed by atoms with Crippen molar-refractivity contribution in [2.45, 2.75) is 6.92 Å². The lowest BCUT2D eigenvalue weighted by Crippen LogP contribution is -1.95. The Morgan fingerprint density at radius 1 is 1.15 bits per heavy atom. The van der Waals surface area contributed by atoms with Crippen molar-refractivity contribution in [2.24, 2.45) is 0 Å². The zero-order chi connectivity index (χ0) is 14.7. The number of hydrogen-bond donors (Lipinski definition) is 0. The van der Waals surface area contributed by atoms with E-state index in [0.29, 0.717) is 16.5 Å². The number of hydrogen-bond acceptors (Lipinski definition) is 4. The summed E-state index contributed by atoms with van der Waals surface area (Å²) < 4.78 is 10.6. The van der Waals surface area contributed by atoms with E-state index in [2.05, 4.69) is 0 Å². The molecule has 20 heavy (non-hydrogen) atoms. The minimum Gasteiger partial charge on any atom is -0.496 e. The zero-order valence-electron chi connectivity index (χ0n) is 10.9.